The number of carbonyl (C=O) groups excluding carboxylic acids is 2. The SMILES string of the molecule is COc1cc(C(=O)[C@@H](C#N)C(=O)CC(C)(C)C)cc(Cl)c1OC. The zero-order valence-electron chi connectivity index (χ0n) is 13.9. The van der Waals surface area contributed by atoms with Gasteiger partial charge in [-0.2, -0.15) is 5.26 Å². The van der Waals surface area contributed by atoms with Crippen molar-refractivity contribution in [2.75, 3.05) is 14.2 Å². The van der Waals surface area contributed by atoms with Crippen molar-refractivity contribution >= 4 is 23.2 Å². The Morgan fingerprint density at radius 3 is 2.30 bits per heavy atom. The smallest absolute Gasteiger partial charge is 0.187 e. The average Bonchev–Trinajstić information content (AvgIpc) is 2.44. The van der Waals surface area contributed by atoms with Crippen molar-refractivity contribution in [2.24, 2.45) is 11.3 Å². The first-order valence-corrected chi connectivity index (χ1v) is 7.40. The predicted molar refractivity (Wildman–Crippen MR) is 87.1 cm³/mol. The molecule has 23 heavy (non-hydrogen) atoms. The lowest BCUT2D eigenvalue weighted by Gasteiger charge is -2.18. The summed E-state index contributed by atoms with van der Waals surface area (Å²) in [6.45, 7) is 5.62. The van der Waals surface area contributed by atoms with Gasteiger partial charge in [-0.25, -0.2) is 0 Å². The number of benzene rings is 1. The molecule has 6 heteroatoms. The number of ether oxygens (including phenoxy) is 2. The molecule has 0 aliphatic heterocycles. The van der Waals surface area contributed by atoms with Gasteiger partial charge in [0.15, 0.2) is 29.0 Å². The predicted octanol–water partition coefficient (Wildman–Crippen LogP) is 3.68. The number of nitrogens with zero attached hydrogens (tertiary/aromatic N) is 1. The normalized spacial score (nSPS) is 12.2. The molecule has 0 bridgehead atoms. The number of methoxy groups -OCH3 is 2. The Bertz CT molecular complexity index is 656. The fourth-order valence-electron chi connectivity index (χ4n) is 2.13. The zero-order chi connectivity index (χ0) is 17.8. The number of halogens is 1. The highest BCUT2D eigenvalue weighted by molar-refractivity contribution is 6.33. The van der Waals surface area contributed by atoms with Crippen molar-refractivity contribution in [3.63, 3.8) is 0 Å². The topological polar surface area (TPSA) is 76.4 Å². The Labute approximate surface area is 141 Å². The van der Waals surface area contributed by atoms with Gasteiger partial charge in [0.05, 0.1) is 25.3 Å². The molecule has 124 valence electrons. The van der Waals surface area contributed by atoms with Gasteiger partial charge in [0, 0.05) is 12.0 Å². The van der Waals surface area contributed by atoms with Crippen LogP contribution in [0.3, 0.4) is 0 Å². The van der Waals surface area contributed by atoms with Crippen LogP contribution in [0.25, 0.3) is 0 Å². The number of hydrogen-bond acceptors (Lipinski definition) is 5. The summed E-state index contributed by atoms with van der Waals surface area (Å²) < 4.78 is 10.2. The van der Waals surface area contributed by atoms with Crippen molar-refractivity contribution in [3.05, 3.63) is 22.7 Å². The third kappa shape index (κ3) is 4.70. The quantitative estimate of drug-likeness (QED) is 0.584. The molecule has 0 aromatic heterocycles. The maximum atomic E-state index is 12.5. The molecule has 1 rings (SSSR count). The molecule has 0 radical (unpaired) electrons. The highest BCUT2D eigenvalue weighted by Crippen LogP contribution is 2.36. The lowest BCUT2D eigenvalue weighted by Crippen LogP contribution is -2.26. The minimum atomic E-state index is -1.36. The number of hydrogen-bond donors (Lipinski definition) is 0. The van der Waals surface area contributed by atoms with E-state index >= 15 is 0 Å². The molecule has 1 aromatic rings. The van der Waals surface area contributed by atoms with Crippen LogP contribution in [0.2, 0.25) is 5.02 Å². The van der Waals surface area contributed by atoms with E-state index in [-0.39, 0.29) is 28.2 Å². The summed E-state index contributed by atoms with van der Waals surface area (Å²) >= 11 is 6.07. The van der Waals surface area contributed by atoms with Crippen LogP contribution in [-0.2, 0) is 4.79 Å². The molecule has 1 aromatic carbocycles. The minimum absolute atomic E-state index is 0.137. The molecule has 0 N–H and O–H groups in total. The van der Waals surface area contributed by atoms with Crippen LogP contribution in [0.4, 0.5) is 0 Å². The van der Waals surface area contributed by atoms with E-state index in [0.717, 1.165) is 0 Å². The Hall–Kier alpha value is -2.06. The summed E-state index contributed by atoms with van der Waals surface area (Å²) in [5.74, 6) is -1.80. The van der Waals surface area contributed by atoms with Crippen molar-refractivity contribution in [1.82, 2.24) is 0 Å². The van der Waals surface area contributed by atoms with Crippen molar-refractivity contribution in [2.45, 2.75) is 27.2 Å². The summed E-state index contributed by atoms with van der Waals surface area (Å²) in [7, 11) is 2.84. The lowest BCUT2D eigenvalue weighted by molar-refractivity contribution is -0.121. The molecule has 5 nitrogen and oxygen atoms in total. The third-order valence-electron chi connectivity index (χ3n) is 3.14. The zero-order valence-corrected chi connectivity index (χ0v) is 14.7. The molecule has 0 spiro atoms. The largest absolute Gasteiger partial charge is 0.493 e. The summed E-state index contributed by atoms with van der Waals surface area (Å²) in [6.07, 6.45) is 0.137. The van der Waals surface area contributed by atoms with Gasteiger partial charge in [-0.15, -0.1) is 0 Å². The molecule has 1 atom stereocenters. The Morgan fingerprint density at radius 2 is 1.87 bits per heavy atom. The second-order valence-corrected chi connectivity index (χ2v) is 6.73. The van der Waals surface area contributed by atoms with Crippen LogP contribution >= 0.6 is 11.6 Å². The van der Waals surface area contributed by atoms with E-state index in [1.165, 1.54) is 26.4 Å². The average molecular weight is 338 g/mol. The van der Waals surface area contributed by atoms with Crippen molar-refractivity contribution in [3.8, 4) is 17.6 Å². The molecule has 0 aliphatic rings. The number of carbonyl (C=O) groups is 2. The second-order valence-electron chi connectivity index (χ2n) is 6.32. The number of rotatable bonds is 6. The van der Waals surface area contributed by atoms with Gasteiger partial charge in [-0.1, -0.05) is 32.4 Å². The van der Waals surface area contributed by atoms with Gasteiger partial charge < -0.3 is 9.47 Å². The van der Waals surface area contributed by atoms with E-state index in [1.54, 1.807) is 6.07 Å². The first-order chi connectivity index (χ1) is 10.6. The number of nitriles is 1. The van der Waals surface area contributed by atoms with Crippen LogP contribution < -0.4 is 9.47 Å². The molecular formula is C17H20ClNO4. The highest BCUT2D eigenvalue weighted by atomic mass is 35.5. The van der Waals surface area contributed by atoms with Crippen molar-refractivity contribution in [1.29, 1.82) is 5.26 Å². The fraction of sp³-hybridized carbons (Fsp3) is 0.471. The van der Waals surface area contributed by atoms with Crippen molar-refractivity contribution < 1.29 is 19.1 Å². The van der Waals surface area contributed by atoms with E-state index in [4.69, 9.17) is 21.1 Å². The molecule has 0 saturated heterocycles. The van der Waals surface area contributed by atoms with E-state index < -0.39 is 17.5 Å². The Morgan fingerprint density at radius 1 is 1.26 bits per heavy atom. The maximum absolute atomic E-state index is 12.5. The summed E-state index contributed by atoms with van der Waals surface area (Å²) in [5, 5.41) is 9.42. The maximum Gasteiger partial charge on any atom is 0.187 e. The molecular weight excluding hydrogens is 318 g/mol. The summed E-state index contributed by atoms with van der Waals surface area (Å²) in [6, 6.07) is 4.59. The van der Waals surface area contributed by atoms with Crippen LogP contribution in [0, 0.1) is 22.7 Å². The second kappa shape index (κ2) is 7.47. The molecule has 0 heterocycles. The lowest BCUT2D eigenvalue weighted by atomic mass is 9.83. The van der Waals surface area contributed by atoms with E-state index in [2.05, 4.69) is 0 Å². The van der Waals surface area contributed by atoms with Gasteiger partial charge >= 0.3 is 0 Å². The fourth-order valence-corrected chi connectivity index (χ4v) is 2.42. The molecule has 0 fully saturated rings. The standard InChI is InChI=1S/C17H20ClNO4/c1-17(2,3)8-13(20)11(9-19)15(21)10-6-12(18)16(23-5)14(7-10)22-4/h6-7,11H,8H2,1-5H3/t11-/m0/s1. The van der Waals surface area contributed by atoms with Gasteiger partial charge in [-0.05, 0) is 17.5 Å². The Balaban J connectivity index is 3.19. The first-order valence-electron chi connectivity index (χ1n) is 7.02. The van der Waals surface area contributed by atoms with Crippen LogP contribution in [0.5, 0.6) is 11.5 Å². The van der Waals surface area contributed by atoms with E-state index in [1.807, 2.05) is 20.8 Å². The van der Waals surface area contributed by atoms with E-state index in [9.17, 15) is 14.9 Å². The van der Waals surface area contributed by atoms with Crippen LogP contribution in [-0.4, -0.2) is 25.8 Å². The Kier molecular flexibility index (Phi) is 6.17. The van der Waals surface area contributed by atoms with Gasteiger partial charge in [0.2, 0.25) is 0 Å². The van der Waals surface area contributed by atoms with Gasteiger partial charge in [-0.3, -0.25) is 9.59 Å². The number of ketones is 2. The number of Topliss-reactive ketones (excluding diaryl/α,β-unsaturated/α-hetero) is 2. The molecule has 0 unspecified atom stereocenters. The minimum Gasteiger partial charge on any atom is -0.493 e. The van der Waals surface area contributed by atoms with Crippen LogP contribution in [0.15, 0.2) is 12.1 Å². The molecule has 0 saturated carbocycles. The molecule has 0 aliphatic carbocycles. The monoisotopic (exact) mass is 337 g/mol. The summed E-state index contributed by atoms with van der Waals surface area (Å²) in [4.78, 5) is 24.8. The van der Waals surface area contributed by atoms with Gasteiger partial charge in [0.1, 0.15) is 0 Å². The van der Waals surface area contributed by atoms with Gasteiger partial charge in [0.25, 0.3) is 0 Å². The third-order valence-corrected chi connectivity index (χ3v) is 3.42. The van der Waals surface area contributed by atoms with E-state index in [0.29, 0.717) is 5.75 Å². The van der Waals surface area contributed by atoms with Crippen LogP contribution in [0.1, 0.15) is 37.6 Å². The summed E-state index contributed by atoms with van der Waals surface area (Å²) in [5.41, 5.74) is -0.164. The highest BCUT2D eigenvalue weighted by Gasteiger charge is 2.31. The molecule has 0 amide bonds. The first kappa shape index (κ1) is 19.0.